The summed E-state index contributed by atoms with van der Waals surface area (Å²) in [6.07, 6.45) is 2.23. The van der Waals surface area contributed by atoms with Gasteiger partial charge in [-0.15, -0.1) is 0 Å². The summed E-state index contributed by atoms with van der Waals surface area (Å²) in [4.78, 5) is 17.9. The van der Waals surface area contributed by atoms with Crippen LogP contribution in [0.3, 0.4) is 0 Å². The predicted molar refractivity (Wildman–Crippen MR) is 71.1 cm³/mol. The predicted octanol–water partition coefficient (Wildman–Crippen LogP) is 1.87. The van der Waals surface area contributed by atoms with Crippen LogP contribution in [0.4, 0.5) is 5.82 Å². The molecule has 1 heterocycles. The maximum atomic E-state index is 11.6. The van der Waals surface area contributed by atoms with E-state index in [9.17, 15) is 4.79 Å². The Morgan fingerprint density at radius 2 is 2.29 bits per heavy atom. The van der Waals surface area contributed by atoms with Crippen molar-refractivity contribution in [2.75, 3.05) is 18.5 Å². The van der Waals surface area contributed by atoms with Crippen LogP contribution >= 0.6 is 15.9 Å². The second kappa shape index (κ2) is 5.04. The van der Waals surface area contributed by atoms with Crippen LogP contribution in [0.15, 0.2) is 16.6 Å². The minimum atomic E-state index is 0.0670. The van der Waals surface area contributed by atoms with Crippen molar-refractivity contribution >= 4 is 27.7 Å². The molecule has 1 N–H and O–H groups in total. The van der Waals surface area contributed by atoms with Crippen molar-refractivity contribution < 1.29 is 4.79 Å². The Bertz CT molecular complexity index is 432. The molecule has 92 valence electrons. The Balaban J connectivity index is 1.95. The molecule has 0 bridgehead atoms. The summed E-state index contributed by atoms with van der Waals surface area (Å²) in [6, 6.07) is 4.27. The number of nitrogens with zero attached hydrogens (tertiary/aromatic N) is 2. The monoisotopic (exact) mass is 297 g/mol. The third-order valence-corrected chi connectivity index (χ3v) is 3.56. The van der Waals surface area contributed by atoms with Gasteiger partial charge in [0.1, 0.15) is 5.82 Å². The van der Waals surface area contributed by atoms with E-state index < -0.39 is 0 Å². The highest BCUT2D eigenvalue weighted by Gasteiger charge is 2.23. The number of carbonyl (C=O) groups excluding carboxylic acids is 1. The van der Waals surface area contributed by atoms with E-state index in [0.717, 1.165) is 28.8 Å². The molecule has 2 rings (SSSR count). The number of nitrogens with one attached hydrogen (secondary N) is 1. The van der Waals surface area contributed by atoms with Gasteiger partial charge in [-0.05, 0) is 47.8 Å². The fourth-order valence-corrected chi connectivity index (χ4v) is 1.76. The number of hydrogen-bond donors (Lipinski definition) is 1. The average Bonchev–Trinajstić information content (AvgIpc) is 3.05. The summed E-state index contributed by atoms with van der Waals surface area (Å²) in [6.45, 7) is 2.29. The van der Waals surface area contributed by atoms with Crippen LogP contribution in [0.1, 0.15) is 18.5 Å². The lowest BCUT2D eigenvalue weighted by atomic mass is 10.3. The van der Waals surface area contributed by atoms with Crippen LogP contribution in [0.2, 0.25) is 0 Å². The first-order valence-electron chi connectivity index (χ1n) is 5.70. The second-order valence-corrected chi connectivity index (χ2v) is 5.29. The van der Waals surface area contributed by atoms with Gasteiger partial charge in [0.2, 0.25) is 5.91 Å². The maximum Gasteiger partial charge on any atom is 0.239 e. The summed E-state index contributed by atoms with van der Waals surface area (Å²) in [5.41, 5.74) is 0.928. The molecule has 5 heteroatoms. The zero-order valence-electron chi connectivity index (χ0n) is 10.0. The van der Waals surface area contributed by atoms with Gasteiger partial charge in [0, 0.05) is 17.6 Å². The summed E-state index contributed by atoms with van der Waals surface area (Å²) in [5.74, 6) is 0.883. The smallest absolute Gasteiger partial charge is 0.239 e. The maximum absolute atomic E-state index is 11.6. The van der Waals surface area contributed by atoms with Gasteiger partial charge in [0.05, 0.1) is 12.2 Å². The van der Waals surface area contributed by atoms with E-state index in [4.69, 9.17) is 0 Å². The third kappa shape index (κ3) is 3.43. The van der Waals surface area contributed by atoms with Gasteiger partial charge in [0.25, 0.3) is 0 Å². The van der Waals surface area contributed by atoms with Crippen molar-refractivity contribution in [2.45, 2.75) is 25.8 Å². The van der Waals surface area contributed by atoms with Crippen LogP contribution in [0.25, 0.3) is 0 Å². The summed E-state index contributed by atoms with van der Waals surface area (Å²) in [7, 11) is 1.88. The molecule has 1 aliphatic rings. The van der Waals surface area contributed by atoms with E-state index >= 15 is 0 Å². The number of aryl methyl sites for hydroxylation is 1. The van der Waals surface area contributed by atoms with E-state index in [2.05, 4.69) is 26.2 Å². The van der Waals surface area contributed by atoms with Crippen molar-refractivity contribution in [3.63, 3.8) is 0 Å². The molecule has 1 aliphatic carbocycles. The van der Waals surface area contributed by atoms with Crippen LogP contribution in [-0.4, -0.2) is 30.5 Å². The molecule has 0 aromatic carbocycles. The molecule has 0 spiro atoms. The highest BCUT2D eigenvalue weighted by molar-refractivity contribution is 9.10. The molecule has 1 aromatic rings. The quantitative estimate of drug-likeness (QED) is 0.923. The fraction of sp³-hybridized carbons (Fsp3) is 0.500. The lowest BCUT2D eigenvalue weighted by Crippen LogP contribution is -2.36. The highest BCUT2D eigenvalue weighted by Crippen LogP contribution is 2.19. The summed E-state index contributed by atoms with van der Waals surface area (Å²) >= 11 is 3.41. The minimum Gasteiger partial charge on any atom is -0.352 e. The largest absolute Gasteiger partial charge is 0.352 e. The number of carbonyl (C=O) groups is 1. The number of pyridine rings is 1. The first kappa shape index (κ1) is 12.4. The first-order chi connectivity index (χ1) is 8.06. The summed E-state index contributed by atoms with van der Waals surface area (Å²) < 4.78 is 0.983. The molecule has 17 heavy (non-hydrogen) atoms. The average molecular weight is 298 g/mol. The SMILES string of the molecule is Cc1nc(N(C)CC(=O)NC2CC2)ccc1Br. The zero-order chi connectivity index (χ0) is 12.4. The topological polar surface area (TPSA) is 45.2 Å². The fourth-order valence-electron chi connectivity index (χ4n) is 1.54. The number of amides is 1. The molecule has 4 nitrogen and oxygen atoms in total. The molecule has 0 radical (unpaired) electrons. The Morgan fingerprint density at radius 3 is 2.88 bits per heavy atom. The Labute approximate surface area is 110 Å². The van der Waals surface area contributed by atoms with Gasteiger partial charge in [-0.25, -0.2) is 4.98 Å². The first-order valence-corrected chi connectivity index (χ1v) is 6.49. The number of halogens is 1. The number of anilines is 1. The van der Waals surface area contributed by atoms with E-state index in [0.29, 0.717) is 12.6 Å². The van der Waals surface area contributed by atoms with E-state index in [1.54, 1.807) is 0 Å². The van der Waals surface area contributed by atoms with Crippen molar-refractivity contribution in [3.05, 3.63) is 22.3 Å². The number of likely N-dealkylation sites (N-methyl/N-ethyl adjacent to an activating group) is 1. The van der Waals surface area contributed by atoms with Gasteiger partial charge in [-0.1, -0.05) is 0 Å². The van der Waals surface area contributed by atoms with Gasteiger partial charge >= 0.3 is 0 Å². The second-order valence-electron chi connectivity index (χ2n) is 4.43. The zero-order valence-corrected chi connectivity index (χ0v) is 11.6. The molecule has 0 aliphatic heterocycles. The molecule has 0 saturated heterocycles. The van der Waals surface area contributed by atoms with Crippen LogP contribution in [0, 0.1) is 6.92 Å². The molecule has 1 aromatic heterocycles. The van der Waals surface area contributed by atoms with Crippen LogP contribution < -0.4 is 10.2 Å². The normalized spacial score (nSPS) is 14.5. The standard InChI is InChI=1S/C12H16BrN3O/c1-8-10(13)5-6-11(14-8)16(2)7-12(17)15-9-3-4-9/h5-6,9H,3-4,7H2,1-2H3,(H,15,17). The number of aromatic nitrogens is 1. The lowest BCUT2D eigenvalue weighted by Gasteiger charge is -2.18. The van der Waals surface area contributed by atoms with Crippen LogP contribution in [0.5, 0.6) is 0 Å². The van der Waals surface area contributed by atoms with Crippen molar-refractivity contribution in [1.29, 1.82) is 0 Å². The molecule has 1 saturated carbocycles. The number of rotatable bonds is 4. The molecule has 1 fully saturated rings. The molecular formula is C12H16BrN3O. The van der Waals surface area contributed by atoms with Gasteiger partial charge in [-0.2, -0.15) is 0 Å². The molecule has 0 unspecified atom stereocenters. The van der Waals surface area contributed by atoms with Crippen molar-refractivity contribution in [2.24, 2.45) is 0 Å². The summed E-state index contributed by atoms with van der Waals surface area (Å²) in [5, 5.41) is 2.96. The van der Waals surface area contributed by atoms with E-state index in [1.165, 1.54) is 0 Å². The third-order valence-electron chi connectivity index (χ3n) is 2.72. The van der Waals surface area contributed by atoms with E-state index in [-0.39, 0.29) is 5.91 Å². The molecule has 1 amide bonds. The molecular weight excluding hydrogens is 282 g/mol. The van der Waals surface area contributed by atoms with Crippen molar-refractivity contribution in [3.8, 4) is 0 Å². The highest BCUT2D eigenvalue weighted by atomic mass is 79.9. The Morgan fingerprint density at radius 1 is 1.59 bits per heavy atom. The number of hydrogen-bond acceptors (Lipinski definition) is 3. The van der Waals surface area contributed by atoms with Crippen molar-refractivity contribution in [1.82, 2.24) is 10.3 Å². The Kier molecular flexibility index (Phi) is 3.66. The molecule has 0 atom stereocenters. The van der Waals surface area contributed by atoms with Crippen LogP contribution in [-0.2, 0) is 4.79 Å². The van der Waals surface area contributed by atoms with Gasteiger partial charge in [-0.3, -0.25) is 4.79 Å². The minimum absolute atomic E-state index is 0.0670. The Hall–Kier alpha value is -1.10. The lowest BCUT2D eigenvalue weighted by molar-refractivity contribution is -0.119. The van der Waals surface area contributed by atoms with E-state index in [1.807, 2.05) is 31.0 Å². The van der Waals surface area contributed by atoms with Gasteiger partial charge < -0.3 is 10.2 Å². The van der Waals surface area contributed by atoms with Gasteiger partial charge in [0.15, 0.2) is 0 Å².